The van der Waals surface area contributed by atoms with Crippen LogP contribution in [0.4, 0.5) is 8.78 Å². The van der Waals surface area contributed by atoms with Crippen LogP contribution in [0.3, 0.4) is 0 Å². The second-order valence-electron chi connectivity index (χ2n) is 2.90. The fourth-order valence-corrected chi connectivity index (χ4v) is 1.24. The maximum atomic E-state index is 12.8. The van der Waals surface area contributed by atoms with E-state index in [1.807, 2.05) is 0 Å². The van der Waals surface area contributed by atoms with E-state index in [1.54, 1.807) is 0 Å². The van der Waals surface area contributed by atoms with Crippen molar-refractivity contribution in [2.75, 3.05) is 0 Å². The summed E-state index contributed by atoms with van der Waals surface area (Å²) >= 11 is 5.72. The third-order valence-corrected chi connectivity index (χ3v) is 2.13. The molecule has 0 heterocycles. The molecule has 0 unspecified atom stereocenters. The van der Waals surface area contributed by atoms with E-state index in [0.29, 0.717) is 10.6 Å². The number of benzene rings is 1. The Morgan fingerprint density at radius 2 is 2.08 bits per heavy atom. The van der Waals surface area contributed by atoms with Gasteiger partial charge in [-0.25, -0.2) is 8.78 Å². The van der Waals surface area contributed by atoms with E-state index in [2.05, 4.69) is 0 Å². The van der Waals surface area contributed by atoms with E-state index in [1.165, 1.54) is 18.2 Å². The lowest BCUT2D eigenvalue weighted by atomic mass is 10.1. The molecule has 2 N–H and O–H groups in total. The third-order valence-electron chi connectivity index (χ3n) is 1.78. The summed E-state index contributed by atoms with van der Waals surface area (Å²) in [6, 6.07) is 4.12. The summed E-state index contributed by atoms with van der Waals surface area (Å²) in [4.78, 5) is 0. The molecule has 0 amide bonds. The highest BCUT2D eigenvalue weighted by Crippen LogP contribution is 2.29. The van der Waals surface area contributed by atoms with E-state index in [0.717, 1.165) is 6.92 Å². The summed E-state index contributed by atoms with van der Waals surface area (Å²) in [5.74, 6) is -2.85. The van der Waals surface area contributed by atoms with Gasteiger partial charge in [0.25, 0.3) is 5.92 Å². The van der Waals surface area contributed by atoms with Crippen molar-refractivity contribution in [3.05, 3.63) is 34.3 Å². The van der Waals surface area contributed by atoms with Gasteiger partial charge in [0.05, 0.1) is 0 Å². The Bertz CT molecular complexity index is 307. The Labute approximate surface area is 80.5 Å². The summed E-state index contributed by atoms with van der Waals surface area (Å²) < 4.78 is 25.6. The summed E-state index contributed by atoms with van der Waals surface area (Å²) in [6.07, 6.45) is 0. The first kappa shape index (κ1) is 10.4. The van der Waals surface area contributed by atoms with Crippen molar-refractivity contribution in [3.63, 3.8) is 0 Å². The van der Waals surface area contributed by atoms with Crippen molar-refractivity contribution >= 4 is 11.6 Å². The molecule has 4 heteroatoms. The predicted molar refractivity (Wildman–Crippen MR) is 48.9 cm³/mol. The average Bonchev–Trinajstić information content (AvgIpc) is 2.02. The van der Waals surface area contributed by atoms with Crippen LogP contribution >= 0.6 is 11.6 Å². The number of nitrogens with two attached hydrogens (primary N) is 1. The molecular formula is C9H10ClF2N. The molecule has 0 aromatic heterocycles. The van der Waals surface area contributed by atoms with Crippen LogP contribution in [-0.4, -0.2) is 0 Å². The van der Waals surface area contributed by atoms with Crippen LogP contribution in [0.1, 0.15) is 18.1 Å². The highest BCUT2D eigenvalue weighted by Gasteiger charge is 2.24. The van der Waals surface area contributed by atoms with Gasteiger partial charge in [0.1, 0.15) is 0 Å². The molecule has 0 saturated heterocycles. The molecule has 13 heavy (non-hydrogen) atoms. The highest BCUT2D eigenvalue weighted by molar-refractivity contribution is 6.31. The Hall–Kier alpha value is -0.670. The van der Waals surface area contributed by atoms with E-state index in [-0.39, 0.29) is 12.1 Å². The molecule has 0 radical (unpaired) electrons. The minimum absolute atomic E-state index is 0.0882. The molecule has 0 atom stereocenters. The van der Waals surface area contributed by atoms with Gasteiger partial charge in [-0.2, -0.15) is 0 Å². The lowest BCUT2D eigenvalue weighted by Gasteiger charge is -2.11. The van der Waals surface area contributed by atoms with Crippen LogP contribution in [-0.2, 0) is 12.5 Å². The second kappa shape index (κ2) is 3.60. The van der Waals surface area contributed by atoms with Gasteiger partial charge in [0, 0.05) is 24.1 Å². The Morgan fingerprint density at radius 3 is 2.46 bits per heavy atom. The zero-order valence-corrected chi connectivity index (χ0v) is 7.91. The largest absolute Gasteiger partial charge is 0.326 e. The molecule has 0 aliphatic heterocycles. The van der Waals surface area contributed by atoms with Crippen LogP contribution in [0.15, 0.2) is 18.2 Å². The smallest absolute Gasteiger partial charge is 0.270 e. The zero-order valence-electron chi connectivity index (χ0n) is 7.15. The number of hydrogen-bond donors (Lipinski definition) is 1. The molecule has 1 nitrogen and oxygen atoms in total. The fourth-order valence-electron chi connectivity index (χ4n) is 0.986. The van der Waals surface area contributed by atoms with Crippen LogP contribution in [0.5, 0.6) is 0 Å². The van der Waals surface area contributed by atoms with Gasteiger partial charge in [-0.15, -0.1) is 0 Å². The van der Waals surface area contributed by atoms with Crippen molar-refractivity contribution < 1.29 is 8.78 Å². The van der Waals surface area contributed by atoms with Gasteiger partial charge in [0.2, 0.25) is 0 Å². The van der Waals surface area contributed by atoms with Crippen molar-refractivity contribution in [2.45, 2.75) is 19.4 Å². The van der Waals surface area contributed by atoms with Gasteiger partial charge in [-0.05, 0) is 11.6 Å². The Morgan fingerprint density at radius 1 is 1.46 bits per heavy atom. The molecule has 1 rings (SSSR count). The first-order valence-electron chi connectivity index (χ1n) is 3.82. The fraction of sp³-hybridized carbons (Fsp3) is 0.333. The maximum Gasteiger partial charge on any atom is 0.270 e. The number of rotatable bonds is 2. The lowest BCUT2D eigenvalue weighted by molar-refractivity contribution is 0.0174. The average molecular weight is 206 g/mol. The van der Waals surface area contributed by atoms with Crippen molar-refractivity contribution in [2.24, 2.45) is 5.73 Å². The quantitative estimate of drug-likeness (QED) is 0.790. The summed E-state index contributed by atoms with van der Waals surface area (Å²) in [5, 5.41) is 0.293. The van der Waals surface area contributed by atoms with Gasteiger partial charge in [-0.3, -0.25) is 0 Å². The van der Waals surface area contributed by atoms with Gasteiger partial charge in [-0.1, -0.05) is 23.7 Å². The summed E-state index contributed by atoms with van der Waals surface area (Å²) in [6.45, 7) is 1.09. The predicted octanol–water partition coefficient (Wildman–Crippen LogP) is 2.91. The summed E-state index contributed by atoms with van der Waals surface area (Å²) in [7, 11) is 0. The second-order valence-corrected chi connectivity index (χ2v) is 3.31. The molecular weight excluding hydrogens is 196 g/mol. The SMILES string of the molecule is CC(F)(F)c1ccc(CN)c(Cl)c1. The first-order valence-corrected chi connectivity index (χ1v) is 4.19. The topological polar surface area (TPSA) is 26.0 Å². The molecule has 0 bridgehead atoms. The lowest BCUT2D eigenvalue weighted by Crippen LogP contribution is -2.07. The Kier molecular flexibility index (Phi) is 2.88. The summed E-state index contributed by atoms with van der Waals surface area (Å²) in [5.41, 5.74) is 5.93. The van der Waals surface area contributed by atoms with E-state index >= 15 is 0 Å². The molecule has 1 aromatic carbocycles. The van der Waals surface area contributed by atoms with Crippen molar-refractivity contribution in [1.29, 1.82) is 0 Å². The van der Waals surface area contributed by atoms with Gasteiger partial charge >= 0.3 is 0 Å². The number of alkyl halides is 2. The van der Waals surface area contributed by atoms with Gasteiger partial charge < -0.3 is 5.73 Å². The minimum Gasteiger partial charge on any atom is -0.326 e. The maximum absolute atomic E-state index is 12.8. The molecule has 1 aromatic rings. The Balaban J connectivity index is 3.10. The van der Waals surface area contributed by atoms with Crippen LogP contribution in [0.25, 0.3) is 0 Å². The number of hydrogen-bond acceptors (Lipinski definition) is 1. The third kappa shape index (κ3) is 2.39. The molecule has 0 fully saturated rings. The molecule has 0 saturated carbocycles. The van der Waals surface area contributed by atoms with Crippen LogP contribution in [0, 0.1) is 0 Å². The molecule has 0 aliphatic carbocycles. The van der Waals surface area contributed by atoms with E-state index < -0.39 is 5.92 Å². The molecule has 0 aliphatic rings. The molecule has 72 valence electrons. The zero-order chi connectivity index (χ0) is 10.1. The van der Waals surface area contributed by atoms with E-state index in [9.17, 15) is 8.78 Å². The van der Waals surface area contributed by atoms with Crippen LogP contribution in [0.2, 0.25) is 5.02 Å². The standard InChI is InChI=1S/C9H10ClF2N/c1-9(11,12)7-3-2-6(5-13)8(10)4-7/h2-4H,5,13H2,1H3. The first-order chi connectivity index (χ1) is 5.95. The normalized spacial score (nSPS) is 11.8. The number of halogens is 3. The monoisotopic (exact) mass is 205 g/mol. The highest BCUT2D eigenvalue weighted by atomic mass is 35.5. The molecule has 0 spiro atoms. The minimum atomic E-state index is -2.85. The van der Waals surface area contributed by atoms with E-state index in [4.69, 9.17) is 17.3 Å². The van der Waals surface area contributed by atoms with Crippen LogP contribution < -0.4 is 5.73 Å². The van der Waals surface area contributed by atoms with Crippen molar-refractivity contribution in [3.8, 4) is 0 Å². The van der Waals surface area contributed by atoms with Crippen molar-refractivity contribution in [1.82, 2.24) is 0 Å². The van der Waals surface area contributed by atoms with Gasteiger partial charge in [0.15, 0.2) is 0 Å².